The van der Waals surface area contributed by atoms with E-state index >= 15 is 0 Å². The van der Waals surface area contributed by atoms with Crippen molar-refractivity contribution in [2.45, 2.75) is 25.7 Å². The quantitative estimate of drug-likeness (QED) is 0.484. The fourth-order valence-corrected chi connectivity index (χ4v) is 4.45. The summed E-state index contributed by atoms with van der Waals surface area (Å²) in [5.41, 5.74) is 1.79. The largest absolute Gasteiger partial charge is 0.502 e. The normalized spacial score (nSPS) is 17.2. The number of phenolic OH excluding ortho intramolecular Hbond substituents is 1. The van der Waals surface area contributed by atoms with Gasteiger partial charge in [-0.05, 0) is 42.3 Å². The topological polar surface area (TPSA) is 68.2 Å². The molecule has 0 fully saturated rings. The van der Waals surface area contributed by atoms with Gasteiger partial charge in [0.1, 0.15) is 0 Å². The van der Waals surface area contributed by atoms with Crippen LogP contribution >= 0.6 is 11.6 Å². The summed E-state index contributed by atoms with van der Waals surface area (Å²) in [6, 6.07) is 18.3. The highest BCUT2D eigenvalue weighted by Crippen LogP contribution is 2.46. The number of carbonyl (C=O) groups is 1. The highest BCUT2D eigenvalue weighted by atomic mass is 35.5. The molecule has 3 aromatic carbocycles. The van der Waals surface area contributed by atoms with Crippen LogP contribution in [0.4, 0.5) is 0 Å². The molecular formula is C26H26ClNO5. The van der Waals surface area contributed by atoms with Crippen LogP contribution in [0, 0.1) is 0 Å². The van der Waals surface area contributed by atoms with E-state index in [4.69, 9.17) is 25.8 Å². The minimum atomic E-state index is -1.13. The predicted octanol–water partition coefficient (Wildman–Crippen LogP) is 5.35. The molecule has 1 N–H and O–H groups in total. The van der Waals surface area contributed by atoms with E-state index in [-0.39, 0.29) is 29.8 Å². The van der Waals surface area contributed by atoms with Gasteiger partial charge in [0.25, 0.3) is 5.91 Å². The molecule has 172 valence electrons. The highest BCUT2D eigenvalue weighted by molar-refractivity contribution is 6.30. The Labute approximate surface area is 198 Å². The Morgan fingerprint density at radius 1 is 1.00 bits per heavy atom. The average molecular weight is 468 g/mol. The number of benzene rings is 3. The lowest BCUT2D eigenvalue weighted by atomic mass is 9.93. The summed E-state index contributed by atoms with van der Waals surface area (Å²) in [5, 5.41) is 10.9. The van der Waals surface area contributed by atoms with Gasteiger partial charge in [0.2, 0.25) is 5.75 Å². The van der Waals surface area contributed by atoms with Gasteiger partial charge < -0.3 is 24.2 Å². The van der Waals surface area contributed by atoms with E-state index < -0.39 is 5.72 Å². The van der Waals surface area contributed by atoms with E-state index in [1.807, 2.05) is 43.3 Å². The van der Waals surface area contributed by atoms with Gasteiger partial charge in [-0.2, -0.15) is 0 Å². The monoisotopic (exact) mass is 467 g/mol. The van der Waals surface area contributed by atoms with Gasteiger partial charge in [-0.15, -0.1) is 0 Å². The van der Waals surface area contributed by atoms with E-state index in [9.17, 15) is 9.90 Å². The zero-order valence-electron chi connectivity index (χ0n) is 18.8. The van der Waals surface area contributed by atoms with E-state index in [1.54, 1.807) is 29.2 Å². The maximum atomic E-state index is 13.4. The molecular weight excluding hydrogens is 442 g/mol. The predicted molar refractivity (Wildman–Crippen MR) is 126 cm³/mol. The summed E-state index contributed by atoms with van der Waals surface area (Å²) >= 11 is 6.17. The number of methoxy groups -OCH3 is 2. The van der Waals surface area contributed by atoms with Crippen molar-refractivity contribution in [3.63, 3.8) is 0 Å². The van der Waals surface area contributed by atoms with E-state index in [0.29, 0.717) is 17.1 Å². The first-order valence-electron chi connectivity index (χ1n) is 10.7. The Morgan fingerprint density at radius 2 is 1.64 bits per heavy atom. The second-order valence-corrected chi connectivity index (χ2v) is 8.23. The van der Waals surface area contributed by atoms with Gasteiger partial charge in [0, 0.05) is 28.3 Å². The summed E-state index contributed by atoms with van der Waals surface area (Å²) in [4.78, 5) is 15.2. The zero-order chi connectivity index (χ0) is 23.6. The maximum absolute atomic E-state index is 13.4. The number of carbonyl (C=O) groups excluding carboxylic acids is 1. The van der Waals surface area contributed by atoms with Crippen molar-refractivity contribution in [3.05, 3.63) is 87.9 Å². The Morgan fingerprint density at radius 3 is 2.24 bits per heavy atom. The minimum Gasteiger partial charge on any atom is -0.502 e. The molecule has 1 heterocycles. The van der Waals surface area contributed by atoms with Crippen molar-refractivity contribution < 1.29 is 24.1 Å². The first kappa shape index (κ1) is 23.0. The Bertz CT molecular complexity index is 1140. The lowest BCUT2D eigenvalue weighted by molar-refractivity contribution is -0.117. The average Bonchev–Trinajstić information content (AvgIpc) is 3.08. The van der Waals surface area contributed by atoms with Crippen LogP contribution in [-0.4, -0.2) is 36.7 Å². The van der Waals surface area contributed by atoms with Crippen molar-refractivity contribution in [1.29, 1.82) is 0 Å². The van der Waals surface area contributed by atoms with Crippen LogP contribution in [-0.2, 0) is 17.1 Å². The number of hydrogen-bond donors (Lipinski definition) is 1. The molecule has 0 unspecified atom stereocenters. The van der Waals surface area contributed by atoms with Crippen molar-refractivity contribution in [2.24, 2.45) is 0 Å². The first-order valence-corrected chi connectivity index (χ1v) is 11.1. The summed E-state index contributed by atoms with van der Waals surface area (Å²) in [6.45, 7) is 2.68. The van der Waals surface area contributed by atoms with E-state index in [2.05, 4.69) is 0 Å². The van der Waals surface area contributed by atoms with Crippen LogP contribution in [0.2, 0.25) is 5.02 Å². The first-order chi connectivity index (χ1) is 16.0. The smallest absolute Gasteiger partial charge is 0.257 e. The van der Waals surface area contributed by atoms with Crippen LogP contribution in [0.15, 0.2) is 60.7 Å². The highest BCUT2D eigenvalue weighted by Gasteiger charge is 2.51. The number of halogens is 1. The molecule has 1 atom stereocenters. The van der Waals surface area contributed by atoms with E-state index in [0.717, 1.165) is 23.1 Å². The molecule has 0 spiro atoms. The van der Waals surface area contributed by atoms with Crippen LogP contribution in [0.5, 0.6) is 17.2 Å². The lowest BCUT2D eigenvalue weighted by Gasteiger charge is -2.39. The minimum absolute atomic E-state index is 0.0786. The lowest BCUT2D eigenvalue weighted by Crippen LogP contribution is -2.47. The van der Waals surface area contributed by atoms with Crippen LogP contribution in [0.1, 0.15) is 40.4 Å². The second kappa shape index (κ2) is 9.33. The molecule has 0 radical (unpaired) electrons. The van der Waals surface area contributed by atoms with Crippen LogP contribution in [0.25, 0.3) is 0 Å². The standard InChI is InChI=1S/C26H26ClNO5/c1-4-13-28-25(30)20-7-5-6-8-21(20)26(28,18-9-11-19(27)12-10-18)33-16-17-14-22(31-2)24(29)23(15-17)32-3/h5-12,14-15,29H,4,13,16H2,1-3H3/t26-/m1/s1. The Balaban J connectivity index is 1.85. The van der Waals surface area contributed by atoms with Gasteiger partial charge in [0.05, 0.1) is 20.8 Å². The second-order valence-electron chi connectivity index (χ2n) is 7.79. The number of fused-ring (bicyclic) bond motifs is 1. The van der Waals surface area contributed by atoms with Crippen LogP contribution in [0.3, 0.4) is 0 Å². The van der Waals surface area contributed by atoms with Gasteiger partial charge >= 0.3 is 0 Å². The number of phenols is 1. The van der Waals surface area contributed by atoms with Crippen LogP contribution < -0.4 is 9.47 Å². The van der Waals surface area contributed by atoms with Gasteiger partial charge in [0.15, 0.2) is 17.2 Å². The third kappa shape index (κ3) is 3.90. The summed E-state index contributed by atoms with van der Waals surface area (Å²) in [7, 11) is 2.95. The molecule has 33 heavy (non-hydrogen) atoms. The van der Waals surface area contributed by atoms with Gasteiger partial charge in [-0.3, -0.25) is 4.79 Å². The molecule has 6 nitrogen and oxygen atoms in total. The molecule has 0 saturated heterocycles. The molecule has 1 amide bonds. The number of aromatic hydroxyl groups is 1. The molecule has 0 saturated carbocycles. The molecule has 0 aliphatic carbocycles. The fourth-order valence-electron chi connectivity index (χ4n) is 4.33. The maximum Gasteiger partial charge on any atom is 0.257 e. The Kier molecular flexibility index (Phi) is 6.49. The third-order valence-electron chi connectivity index (χ3n) is 5.82. The number of amides is 1. The summed E-state index contributed by atoms with van der Waals surface area (Å²) < 4.78 is 17.3. The van der Waals surface area contributed by atoms with Gasteiger partial charge in [-0.1, -0.05) is 48.9 Å². The molecule has 7 heteroatoms. The number of rotatable bonds is 8. The summed E-state index contributed by atoms with van der Waals surface area (Å²) in [5.74, 6) is 0.400. The molecule has 0 bridgehead atoms. The molecule has 1 aliphatic rings. The molecule has 0 aromatic heterocycles. The SMILES string of the molecule is CCCN1C(=O)c2ccccc2[C@]1(OCc1cc(OC)c(O)c(OC)c1)c1ccc(Cl)cc1. The van der Waals surface area contributed by atoms with Gasteiger partial charge in [-0.25, -0.2) is 0 Å². The number of hydrogen-bond acceptors (Lipinski definition) is 5. The number of nitrogens with zero attached hydrogens (tertiary/aromatic N) is 1. The molecule has 4 rings (SSSR count). The zero-order valence-corrected chi connectivity index (χ0v) is 19.6. The van der Waals surface area contributed by atoms with Crippen molar-refractivity contribution in [3.8, 4) is 17.2 Å². The Hall–Kier alpha value is -3.22. The molecule has 1 aliphatic heterocycles. The van der Waals surface area contributed by atoms with E-state index in [1.165, 1.54) is 14.2 Å². The third-order valence-corrected chi connectivity index (χ3v) is 6.07. The number of ether oxygens (including phenoxy) is 3. The fraction of sp³-hybridized carbons (Fsp3) is 0.269. The van der Waals surface area contributed by atoms with Crippen molar-refractivity contribution in [2.75, 3.05) is 20.8 Å². The van der Waals surface area contributed by atoms with Crippen molar-refractivity contribution >= 4 is 17.5 Å². The summed E-state index contributed by atoms with van der Waals surface area (Å²) in [6.07, 6.45) is 0.763. The van der Waals surface area contributed by atoms with Crippen molar-refractivity contribution in [1.82, 2.24) is 4.90 Å². The molecule has 3 aromatic rings.